The van der Waals surface area contributed by atoms with Gasteiger partial charge in [-0.05, 0) is 0 Å². The average molecular weight is 203 g/mol. The zero-order chi connectivity index (χ0) is 6.86. The van der Waals surface area contributed by atoms with Crippen molar-refractivity contribution < 1.29 is 26.5 Å². The summed E-state index contributed by atoms with van der Waals surface area (Å²) in [6.07, 6.45) is 8.26. The van der Waals surface area contributed by atoms with Crippen LogP contribution in [-0.2, 0) is 26.5 Å². The third-order valence-corrected chi connectivity index (χ3v) is 1.94. The molecule has 0 amide bonds. The van der Waals surface area contributed by atoms with E-state index in [1.807, 2.05) is 6.08 Å². The van der Waals surface area contributed by atoms with E-state index in [1.54, 1.807) is 0 Å². The molecule has 1 aliphatic carbocycles. The van der Waals surface area contributed by atoms with E-state index in [-0.39, 0.29) is 22.9 Å². The van der Waals surface area contributed by atoms with Crippen LogP contribution in [0, 0.1) is 6.08 Å². The minimum atomic E-state index is -0.363. The molecule has 0 radical (unpaired) electrons. The first-order chi connectivity index (χ1) is 4.91. The summed E-state index contributed by atoms with van der Waals surface area (Å²) in [4.78, 5) is 0. The minimum Gasteiger partial charge on any atom is -0.495 e. The molecule has 0 aromatic carbocycles. The first-order valence-electron chi connectivity index (χ1n) is 3.77. The van der Waals surface area contributed by atoms with Crippen LogP contribution in [0.1, 0.15) is 19.3 Å². The van der Waals surface area contributed by atoms with Gasteiger partial charge < -0.3 is 15.5 Å². The zero-order valence-electron chi connectivity index (χ0n) is 6.23. The van der Waals surface area contributed by atoms with Crippen LogP contribution in [-0.4, -0.2) is 19.0 Å². The topological polar surface area (TPSA) is 18.5 Å². The Kier molecular flexibility index (Phi) is 3.14. The van der Waals surface area contributed by atoms with Gasteiger partial charge in [0.2, 0.25) is 0 Å². The van der Waals surface area contributed by atoms with E-state index in [1.165, 1.54) is 0 Å². The SMILES string of the molecule is [C-]1=CC2(CCC1)OCCO2.[Cu+]. The second-order valence-corrected chi connectivity index (χ2v) is 2.71. The van der Waals surface area contributed by atoms with E-state index < -0.39 is 0 Å². The standard InChI is InChI=1S/C8H11O2.Cu/c1-2-4-8(5-3-1)9-6-7-10-8;/h5H,1-2,4,6-7H2;/q-1;+1. The summed E-state index contributed by atoms with van der Waals surface area (Å²) in [6, 6.07) is 0. The molecule has 2 nitrogen and oxygen atoms in total. The van der Waals surface area contributed by atoms with Crippen LogP contribution in [0.4, 0.5) is 0 Å². The maximum absolute atomic E-state index is 5.44. The van der Waals surface area contributed by atoms with Gasteiger partial charge in [0.05, 0.1) is 13.2 Å². The van der Waals surface area contributed by atoms with Crippen molar-refractivity contribution in [2.45, 2.75) is 25.0 Å². The number of allylic oxidation sites excluding steroid dienone is 1. The first kappa shape index (κ1) is 9.27. The summed E-state index contributed by atoms with van der Waals surface area (Å²) in [5.41, 5.74) is 0. The molecule has 3 heteroatoms. The molecule has 0 N–H and O–H groups in total. The van der Waals surface area contributed by atoms with E-state index in [9.17, 15) is 0 Å². The molecule has 1 spiro atoms. The molecular weight excluding hydrogens is 192 g/mol. The Bertz CT molecular complexity index is 150. The van der Waals surface area contributed by atoms with Crippen LogP contribution in [0.3, 0.4) is 0 Å². The monoisotopic (exact) mass is 202 g/mol. The van der Waals surface area contributed by atoms with Gasteiger partial charge >= 0.3 is 17.1 Å². The zero-order valence-corrected chi connectivity index (χ0v) is 7.17. The van der Waals surface area contributed by atoms with Crippen molar-refractivity contribution in [1.82, 2.24) is 0 Å². The second kappa shape index (κ2) is 3.72. The Hall–Kier alpha value is 0.179. The van der Waals surface area contributed by atoms with Gasteiger partial charge in [-0.15, -0.1) is 0 Å². The maximum Gasteiger partial charge on any atom is 1.00 e. The summed E-state index contributed by atoms with van der Waals surface area (Å²) in [7, 11) is 0. The molecule has 1 heterocycles. The molecule has 11 heavy (non-hydrogen) atoms. The fourth-order valence-electron chi connectivity index (χ4n) is 1.43. The molecule has 66 valence electrons. The van der Waals surface area contributed by atoms with E-state index in [0.717, 1.165) is 32.5 Å². The van der Waals surface area contributed by atoms with Crippen LogP contribution in [0.15, 0.2) is 6.08 Å². The third-order valence-electron chi connectivity index (χ3n) is 1.94. The van der Waals surface area contributed by atoms with Gasteiger partial charge in [0.15, 0.2) is 5.79 Å². The van der Waals surface area contributed by atoms with Crippen molar-refractivity contribution >= 4 is 0 Å². The van der Waals surface area contributed by atoms with Crippen LogP contribution >= 0.6 is 0 Å². The van der Waals surface area contributed by atoms with E-state index in [2.05, 4.69) is 6.08 Å². The Morgan fingerprint density at radius 2 is 2.00 bits per heavy atom. The van der Waals surface area contributed by atoms with Crippen molar-refractivity contribution in [3.8, 4) is 0 Å². The van der Waals surface area contributed by atoms with E-state index in [4.69, 9.17) is 9.47 Å². The molecule has 0 bridgehead atoms. The van der Waals surface area contributed by atoms with Crippen LogP contribution in [0.25, 0.3) is 0 Å². The van der Waals surface area contributed by atoms with Gasteiger partial charge in [-0.3, -0.25) is 0 Å². The molecule has 0 aromatic heterocycles. The Morgan fingerprint density at radius 3 is 2.55 bits per heavy atom. The predicted molar refractivity (Wildman–Crippen MR) is 36.3 cm³/mol. The van der Waals surface area contributed by atoms with Gasteiger partial charge in [0, 0.05) is 6.42 Å². The molecule has 1 saturated heterocycles. The normalized spacial score (nSPS) is 26.9. The molecule has 0 atom stereocenters. The van der Waals surface area contributed by atoms with Gasteiger partial charge in [0.1, 0.15) is 0 Å². The van der Waals surface area contributed by atoms with Gasteiger partial charge in [-0.2, -0.15) is 6.42 Å². The molecule has 0 saturated carbocycles. The smallest absolute Gasteiger partial charge is 0.495 e. The second-order valence-electron chi connectivity index (χ2n) is 2.71. The summed E-state index contributed by atoms with van der Waals surface area (Å²) in [6.45, 7) is 1.47. The summed E-state index contributed by atoms with van der Waals surface area (Å²) in [5.74, 6) is -0.363. The Labute approximate surface area is 77.4 Å². The predicted octanol–water partition coefficient (Wildman–Crippen LogP) is 1.27. The van der Waals surface area contributed by atoms with Crippen LogP contribution in [0.5, 0.6) is 0 Å². The van der Waals surface area contributed by atoms with Crippen LogP contribution < -0.4 is 0 Å². The molecule has 2 rings (SSSR count). The fourth-order valence-corrected chi connectivity index (χ4v) is 1.43. The average Bonchev–Trinajstić information content (AvgIpc) is 2.39. The molecule has 2 aliphatic rings. The molecule has 1 aliphatic heterocycles. The van der Waals surface area contributed by atoms with E-state index in [0.29, 0.717) is 0 Å². The summed E-state index contributed by atoms with van der Waals surface area (Å²) < 4.78 is 10.9. The molecular formula is C8H11CuO2. The number of hydrogen-bond donors (Lipinski definition) is 0. The Balaban J connectivity index is 0.000000605. The molecule has 0 unspecified atom stereocenters. The van der Waals surface area contributed by atoms with Crippen molar-refractivity contribution in [1.29, 1.82) is 0 Å². The van der Waals surface area contributed by atoms with Crippen molar-refractivity contribution in [3.63, 3.8) is 0 Å². The van der Waals surface area contributed by atoms with Crippen LogP contribution in [0.2, 0.25) is 0 Å². The van der Waals surface area contributed by atoms with Gasteiger partial charge in [0.25, 0.3) is 0 Å². The largest absolute Gasteiger partial charge is 1.00 e. The quantitative estimate of drug-likeness (QED) is 0.435. The van der Waals surface area contributed by atoms with E-state index >= 15 is 0 Å². The summed E-state index contributed by atoms with van der Waals surface area (Å²) >= 11 is 0. The van der Waals surface area contributed by atoms with Gasteiger partial charge in [-0.25, -0.2) is 6.08 Å². The first-order valence-corrected chi connectivity index (χ1v) is 3.77. The third kappa shape index (κ3) is 1.85. The number of rotatable bonds is 0. The fraction of sp³-hybridized carbons (Fsp3) is 0.750. The number of hydrogen-bond acceptors (Lipinski definition) is 2. The molecule has 1 fully saturated rings. The van der Waals surface area contributed by atoms with Gasteiger partial charge in [-0.1, -0.05) is 6.42 Å². The number of ether oxygens (including phenoxy) is 2. The van der Waals surface area contributed by atoms with Crippen molar-refractivity contribution in [3.05, 3.63) is 12.2 Å². The Morgan fingerprint density at radius 1 is 1.27 bits per heavy atom. The van der Waals surface area contributed by atoms with Crippen molar-refractivity contribution in [2.24, 2.45) is 0 Å². The maximum atomic E-state index is 5.44. The molecule has 0 aromatic rings. The summed E-state index contributed by atoms with van der Waals surface area (Å²) in [5, 5.41) is 0. The van der Waals surface area contributed by atoms with Crippen molar-refractivity contribution in [2.75, 3.05) is 13.2 Å². The minimum absolute atomic E-state index is 0.